The summed E-state index contributed by atoms with van der Waals surface area (Å²) < 4.78 is 5.27. The first-order chi connectivity index (χ1) is 13.3. The van der Waals surface area contributed by atoms with Gasteiger partial charge >= 0.3 is 0 Å². The van der Waals surface area contributed by atoms with Crippen LogP contribution < -0.4 is 25.8 Å². The molecule has 7 nitrogen and oxygen atoms in total. The van der Waals surface area contributed by atoms with Crippen LogP contribution in [0.4, 0.5) is 5.82 Å². The quantitative estimate of drug-likeness (QED) is 0.714. The monoisotopic (exact) mass is 368 g/mol. The Hall–Kier alpha value is -2.22. The van der Waals surface area contributed by atoms with Gasteiger partial charge in [-0.1, -0.05) is 12.1 Å². The fourth-order valence-electron chi connectivity index (χ4n) is 4.02. The van der Waals surface area contributed by atoms with E-state index in [1.165, 1.54) is 18.4 Å². The minimum absolute atomic E-state index is 0.308. The van der Waals surface area contributed by atoms with Gasteiger partial charge in [0.05, 0.1) is 13.2 Å². The first kappa shape index (κ1) is 18.2. The molecule has 2 saturated heterocycles. The van der Waals surface area contributed by atoms with E-state index in [1.54, 1.807) is 13.3 Å². The Balaban J connectivity index is 1.33. The lowest BCUT2D eigenvalue weighted by molar-refractivity contribution is 0.369. The van der Waals surface area contributed by atoms with Crippen molar-refractivity contribution in [2.24, 2.45) is 5.92 Å². The minimum atomic E-state index is 0.308. The van der Waals surface area contributed by atoms with Gasteiger partial charge in [0.2, 0.25) is 0 Å². The molecule has 7 heteroatoms. The molecule has 0 aliphatic carbocycles. The molecule has 3 N–H and O–H groups in total. The van der Waals surface area contributed by atoms with E-state index in [4.69, 9.17) is 4.74 Å². The zero-order valence-corrected chi connectivity index (χ0v) is 15.8. The van der Waals surface area contributed by atoms with Crippen molar-refractivity contribution in [2.75, 3.05) is 38.2 Å². The number of hydrazine groups is 1. The van der Waals surface area contributed by atoms with E-state index in [1.807, 2.05) is 24.3 Å². The average molecular weight is 368 g/mol. The normalized spacial score (nSPS) is 25.5. The summed E-state index contributed by atoms with van der Waals surface area (Å²) in [6, 6.07) is 13.1. The van der Waals surface area contributed by atoms with Crippen LogP contribution in [-0.4, -0.2) is 49.5 Å². The Morgan fingerprint density at radius 3 is 2.93 bits per heavy atom. The molecule has 0 bridgehead atoms. The number of nitrogens with one attached hydrogen (secondary N) is 3. The summed E-state index contributed by atoms with van der Waals surface area (Å²) in [6.07, 6.45) is 4.11. The number of ether oxygens (including phenoxy) is 1. The van der Waals surface area contributed by atoms with Gasteiger partial charge < -0.3 is 15.0 Å². The number of nitrogens with zero attached hydrogens (tertiary/aromatic N) is 3. The molecule has 27 heavy (non-hydrogen) atoms. The standard InChI is InChI=1S/C20H28N6O/c1-27-18-8-6-15(7-9-18)20-16(13-23-25-20)12-21-17-4-3-11-26(14-17)19-5-2-10-22-24-19/h2,5-10,16-17,20-21,23,25H,3-4,11-14H2,1H3. The van der Waals surface area contributed by atoms with Crippen molar-refractivity contribution in [3.8, 4) is 5.75 Å². The molecule has 2 aliphatic rings. The highest BCUT2D eigenvalue weighted by atomic mass is 16.5. The van der Waals surface area contributed by atoms with E-state index in [2.05, 4.69) is 43.4 Å². The molecule has 0 saturated carbocycles. The van der Waals surface area contributed by atoms with Crippen LogP contribution in [0.2, 0.25) is 0 Å². The van der Waals surface area contributed by atoms with E-state index in [0.29, 0.717) is 18.0 Å². The van der Waals surface area contributed by atoms with Crippen LogP contribution in [0.5, 0.6) is 5.75 Å². The van der Waals surface area contributed by atoms with Gasteiger partial charge in [-0.2, -0.15) is 5.10 Å². The van der Waals surface area contributed by atoms with E-state index < -0.39 is 0 Å². The van der Waals surface area contributed by atoms with Crippen LogP contribution in [0.3, 0.4) is 0 Å². The van der Waals surface area contributed by atoms with Gasteiger partial charge in [-0.25, -0.2) is 5.43 Å². The maximum absolute atomic E-state index is 5.27. The summed E-state index contributed by atoms with van der Waals surface area (Å²) in [7, 11) is 1.70. The fraction of sp³-hybridized carbons (Fsp3) is 0.500. The summed E-state index contributed by atoms with van der Waals surface area (Å²) in [6.45, 7) is 3.98. The number of benzene rings is 1. The van der Waals surface area contributed by atoms with Crippen LogP contribution in [0.15, 0.2) is 42.6 Å². The predicted octanol–water partition coefficient (Wildman–Crippen LogP) is 1.51. The van der Waals surface area contributed by atoms with Crippen LogP contribution in [0.1, 0.15) is 24.4 Å². The highest BCUT2D eigenvalue weighted by molar-refractivity contribution is 5.37. The molecular weight excluding hydrogens is 340 g/mol. The SMILES string of the molecule is COc1ccc(C2NNCC2CNC2CCCN(c3cccnn3)C2)cc1. The second-order valence-electron chi connectivity index (χ2n) is 7.31. The van der Waals surface area contributed by atoms with E-state index >= 15 is 0 Å². The Morgan fingerprint density at radius 1 is 1.26 bits per heavy atom. The van der Waals surface area contributed by atoms with Gasteiger partial charge in [0.1, 0.15) is 5.75 Å². The van der Waals surface area contributed by atoms with E-state index in [0.717, 1.165) is 37.7 Å². The largest absolute Gasteiger partial charge is 0.497 e. The van der Waals surface area contributed by atoms with Crippen molar-refractivity contribution in [1.29, 1.82) is 0 Å². The molecule has 3 heterocycles. The van der Waals surface area contributed by atoms with Gasteiger partial charge in [0.15, 0.2) is 5.82 Å². The number of hydrogen-bond acceptors (Lipinski definition) is 7. The maximum atomic E-state index is 5.27. The molecule has 0 spiro atoms. The van der Waals surface area contributed by atoms with Crippen LogP contribution in [-0.2, 0) is 0 Å². The molecule has 2 aliphatic heterocycles. The number of piperidine rings is 1. The average Bonchev–Trinajstić information content (AvgIpc) is 3.22. The van der Waals surface area contributed by atoms with Crippen LogP contribution >= 0.6 is 0 Å². The molecule has 2 fully saturated rings. The summed E-state index contributed by atoms with van der Waals surface area (Å²) in [5.74, 6) is 2.38. The van der Waals surface area contributed by atoms with Gasteiger partial charge in [0.25, 0.3) is 0 Å². The Bertz CT molecular complexity index is 710. The van der Waals surface area contributed by atoms with Crippen molar-refractivity contribution < 1.29 is 4.74 Å². The first-order valence-corrected chi connectivity index (χ1v) is 9.72. The third-order valence-corrected chi connectivity index (χ3v) is 5.54. The highest BCUT2D eigenvalue weighted by Gasteiger charge is 2.29. The second kappa shape index (κ2) is 8.65. The van der Waals surface area contributed by atoms with Crippen LogP contribution in [0, 0.1) is 5.92 Å². The number of rotatable bonds is 6. The summed E-state index contributed by atoms with van der Waals surface area (Å²) in [5, 5.41) is 12.1. The predicted molar refractivity (Wildman–Crippen MR) is 106 cm³/mol. The van der Waals surface area contributed by atoms with Crippen molar-refractivity contribution in [1.82, 2.24) is 26.4 Å². The Kier molecular flexibility index (Phi) is 5.81. The van der Waals surface area contributed by atoms with Crippen molar-refractivity contribution in [2.45, 2.75) is 24.9 Å². The van der Waals surface area contributed by atoms with Gasteiger partial charge in [-0.3, -0.25) is 5.43 Å². The van der Waals surface area contributed by atoms with Gasteiger partial charge in [-0.05, 0) is 42.7 Å². The molecule has 2 aromatic rings. The van der Waals surface area contributed by atoms with E-state index in [9.17, 15) is 0 Å². The highest BCUT2D eigenvalue weighted by Crippen LogP contribution is 2.26. The molecular formula is C20H28N6O. The molecule has 1 aromatic carbocycles. The lowest BCUT2D eigenvalue weighted by Gasteiger charge is -2.34. The van der Waals surface area contributed by atoms with Gasteiger partial charge in [-0.15, -0.1) is 5.10 Å². The zero-order chi connectivity index (χ0) is 18.5. The summed E-state index contributed by atoms with van der Waals surface area (Å²) in [5.41, 5.74) is 8.03. The van der Waals surface area contributed by atoms with Crippen molar-refractivity contribution in [3.63, 3.8) is 0 Å². The van der Waals surface area contributed by atoms with Crippen molar-refractivity contribution >= 4 is 5.82 Å². The number of hydrogen-bond donors (Lipinski definition) is 3. The molecule has 3 unspecified atom stereocenters. The fourth-order valence-corrected chi connectivity index (χ4v) is 4.02. The second-order valence-corrected chi connectivity index (χ2v) is 7.31. The molecule has 0 amide bonds. The summed E-state index contributed by atoms with van der Waals surface area (Å²) >= 11 is 0. The third-order valence-electron chi connectivity index (χ3n) is 5.54. The smallest absolute Gasteiger partial charge is 0.151 e. The lowest BCUT2D eigenvalue weighted by Crippen LogP contribution is -2.47. The zero-order valence-electron chi connectivity index (χ0n) is 15.8. The number of aromatic nitrogens is 2. The molecule has 1 aromatic heterocycles. The number of anilines is 1. The maximum Gasteiger partial charge on any atom is 0.151 e. The van der Waals surface area contributed by atoms with Crippen LogP contribution in [0.25, 0.3) is 0 Å². The van der Waals surface area contributed by atoms with E-state index in [-0.39, 0.29) is 0 Å². The topological polar surface area (TPSA) is 74.3 Å². The molecule has 3 atom stereocenters. The van der Waals surface area contributed by atoms with Gasteiger partial charge in [0, 0.05) is 44.3 Å². The lowest BCUT2D eigenvalue weighted by atomic mass is 9.94. The number of methoxy groups -OCH3 is 1. The molecule has 4 rings (SSSR count). The van der Waals surface area contributed by atoms with Crippen molar-refractivity contribution in [3.05, 3.63) is 48.2 Å². The Labute approximate surface area is 160 Å². The third kappa shape index (κ3) is 4.37. The molecule has 144 valence electrons. The first-order valence-electron chi connectivity index (χ1n) is 9.72. The molecule has 0 radical (unpaired) electrons. The minimum Gasteiger partial charge on any atom is -0.497 e. The Morgan fingerprint density at radius 2 is 2.15 bits per heavy atom. The summed E-state index contributed by atoms with van der Waals surface area (Å²) in [4.78, 5) is 2.33.